The number of allylic oxidation sites excluding steroid dienone is 1. The van der Waals surface area contributed by atoms with Crippen LogP contribution in [-0.2, 0) is 20.7 Å². The molecule has 0 aliphatic heterocycles. The maximum Gasteiger partial charge on any atom is 0.185 e. The molecule has 4 heteroatoms. The number of rotatable bonds is 4. The van der Waals surface area contributed by atoms with Gasteiger partial charge in [0.15, 0.2) is 15.6 Å². The fraction of sp³-hybridized carbons (Fsp3) is 0.375. The number of hydrogen-bond donors (Lipinski definition) is 0. The Morgan fingerprint density at radius 2 is 1.50 bits per heavy atom. The normalized spacial score (nSPS) is 20.3. The average Bonchev–Trinajstić information content (AvgIpc) is 2.77. The third-order valence-electron chi connectivity index (χ3n) is 6.59. The highest BCUT2D eigenvalue weighted by molar-refractivity contribution is 7.90. The number of carbonyl (C=O) groups excluding carboxylic acids is 1. The molecule has 0 radical (unpaired) electrons. The van der Waals surface area contributed by atoms with Gasteiger partial charge in [-0.3, -0.25) is 4.79 Å². The molecule has 0 saturated heterocycles. The first-order chi connectivity index (χ1) is 12.8. The summed E-state index contributed by atoms with van der Waals surface area (Å²) in [6.45, 7) is 11.3. The Labute approximate surface area is 168 Å². The fourth-order valence-corrected chi connectivity index (χ4v) is 4.89. The van der Waals surface area contributed by atoms with Crippen LogP contribution in [0.15, 0.2) is 53.4 Å². The van der Waals surface area contributed by atoms with Gasteiger partial charge in [0.1, 0.15) is 0 Å². The lowest BCUT2D eigenvalue weighted by Crippen LogP contribution is -2.30. The van der Waals surface area contributed by atoms with E-state index in [4.69, 9.17) is 0 Å². The van der Waals surface area contributed by atoms with Crippen LogP contribution in [0.4, 0.5) is 0 Å². The summed E-state index contributed by atoms with van der Waals surface area (Å²) in [7, 11) is -3.22. The van der Waals surface area contributed by atoms with Crippen molar-refractivity contribution in [3.63, 3.8) is 0 Å². The molecule has 0 saturated carbocycles. The molecule has 2 aromatic rings. The predicted octanol–water partition coefficient (Wildman–Crippen LogP) is 5.19. The van der Waals surface area contributed by atoms with Crippen molar-refractivity contribution >= 4 is 21.7 Å². The van der Waals surface area contributed by atoms with E-state index >= 15 is 0 Å². The first-order valence-corrected chi connectivity index (χ1v) is 11.4. The minimum absolute atomic E-state index is 0.0142. The van der Waals surface area contributed by atoms with E-state index in [1.54, 1.807) is 36.4 Å². The number of hydrogen-bond acceptors (Lipinski definition) is 3. The fourth-order valence-electron chi connectivity index (χ4n) is 4.26. The standard InChI is InChI=1S/C24H28O3S/c1-16-23(2,3)20-13-10-18(15-21(20)24(16,4)5)22(25)14-9-17-7-11-19(12-8-17)28(6,26)27/h7-16H,1-6H3/b14-9+. The van der Waals surface area contributed by atoms with E-state index in [0.717, 1.165) is 5.56 Å². The van der Waals surface area contributed by atoms with Crippen molar-refractivity contribution in [2.75, 3.05) is 6.26 Å². The van der Waals surface area contributed by atoms with E-state index in [1.807, 2.05) is 12.1 Å². The third kappa shape index (κ3) is 3.46. The zero-order chi connectivity index (χ0) is 20.9. The van der Waals surface area contributed by atoms with Gasteiger partial charge in [0.05, 0.1) is 4.90 Å². The van der Waals surface area contributed by atoms with Crippen molar-refractivity contribution in [3.8, 4) is 0 Å². The van der Waals surface area contributed by atoms with Crippen molar-refractivity contribution < 1.29 is 13.2 Å². The van der Waals surface area contributed by atoms with Gasteiger partial charge in [-0.1, -0.05) is 65.0 Å². The Hall–Kier alpha value is -2.20. The lowest BCUT2D eigenvalue weighted by Gasteiger charge is -2.32. The van der Waals surface area contributed by atoms with Crippen molar-refractivity contribution in [2.45, 2.75) is 50.3 Å². The van der Waals surface area contributed by atoms with Gasteiger partial charge in [0, 0.05) is 11.8 Å². The molecular weight excluding hydrogens is 368 g/mol. The first-order valence-electron chi connectivity index (χ1n) is 9.52. The quantitative estimate of drug-likeness (QED) is 0.528. The van der Waals surface area contributed by atoms with Crippen LogP contribution in [0.1, 0.15) is 61.7 Å². The van der Waals surface area contributed by atoms with Crippen LogP contribution >= 0.6 is 0 Å². The molecule has 0 bridgehead atoms. The smallest absolute Gasteiger partial charge is 0.185 e. The summed E-state index contributed by atoms with van der Waals surface area (Å²) >= 11 is 0. The lowest BCUT2D eigenvalue weighted by atomic mass is 9.71. The SMILES string of the molecule is CC1C(C)(C)c2ccc(C(=O)/C=C/c3ccc(S(C)(=O)=O)cc3)cc2C1(C)C. The largest absolute Gasteiger partial charge is 0.289 e. The summed E-state index contributed by atoms with van der Waals surface area (Å²) in [5.74, 6) is 0.424. The zero-order valence-corrected chi connectivity index (χ0v) is 18.2. The molecule has 3 nitrogen and oxygen atoms in total. The van der Waals surface area contributed by atoms with Crippen LogP contribution < -0.4 is 0 Å². The Morgan fingerprint density at radius 1 is 0.929 bits per heavy atom. The van der Waals surface area contributed by atoms with Crippen LogP contribution in [0.3, 0.4) is 0 Å². The summed E-state index contributed by atoms with van der Waals surface area (Å²) in [6, 6.07) is 12.6. The molecule has 0 amide bonds. The van der Waals surface area contributed by atoms with Gasteiger partial charge in [-0.15, -0.1) is 0 Å². The van der Waals surface area contributed by atoms with E-state index < -0.39 is 9.84 Å². The number of carbonyl (C=O) groups is 1. The van der Waals surface area contributed by atoms with Gasteiger partial charge in [-0.25, -0.2) is 8.42 Å². The minimum Gasteiger partial charge on any atom is -0.289 e. The summed E-state index contributed by atoms with van der Waals surface area (Å²) in [6.07, 6.45) is 4.45. The summed E-state index contributed by atoms with van der Waals surface area (Å²) < 4.78 is 23.1. The van der Waals surface area contributed by atoms with Crippen molar-refractivity contribution in [2.24, 2.45) is 5.92 Å². The highest BCUT2D eigenvalue weighted by Gasteiger charge is 2.48. The molecule has 0 N–H and O–H groups in total. The Morgan fingerprint density at radius 3 is 2.07 bits per heavy atom. The molecule has 1 aliphatic carbocycles. The second-order valence-electron chi connectivity index (χ2n) is 8.96. The van der Waals surface area contributed by atoms with Gasteiger partial charge >= 0.3 is 0 Å². The molecule has 1 unspecified atom stereocenters. The topological polar surface area (TPSA) is 51.2 Å². The summed E-state index contributed by atoms with van der Waals surface area (Å²) in [5, 5.41) is 0. The van der Waals surface area contributed by atoms with E-state index in [0.29, 0.717) is 11.5 Å². The molecule has 148 valence electrons. The molecule has 0 heterocycles. The molecule has 3 rings (SSSR count). The summed E-state index contributed by atoms with van der Waals surface area (Å²) in [4.78, 5) is 13.0. The first kappa shape index (κ1) is 20.5. The third-order valence-corrected chi connectivity index (χ3v) is 7.72. The van der Waals surface area contributed by atoms with E-state index in [1.165, 1.54) is 17.4 Å². The van der Waals surface area contributed by atoms with Gasteiger partial charge in [-0.2, -0.15) is 0 Å². The molecule has 1 aliphatic rings. The average molecular weight is 397 g/mol. The van der Waals surface area contributed by atoms with Gasteiger partial charge in [-0.05, 0) is 57.7 Å². The number of sulfone groups is 1. The van der Waals surface area contributed by atoms with Crippen LogP contribution in [-0.4, -0.2) is 20.5 Å². The van der Waals surface area contributed by atoms with Crippen molar-refractivity contribution in [1.29, 1.82) is 0 Å². The van der Waals surface area contributed by atoms with E-state index in [9.17, 15) is 13.2 Å². The Bertz CT molecular complexity index is 1060. The Balaban J connectivity index is 1.87. The molecule has 2 aromatic carbocycles. The van der Waals surface area contributed by atoms with Gasteiger partial charge < -0.3 is 0 Å². The minimum atomic E-state index is -3.22. The summed E-state index contributed by atoms with van der Waals surface area (Å²) in [5.41, 5.74) is 4.14. The maximum absolute atomic E-state index is 12.7. The molecule has 0 spiro atoms. The van der Waals surface area contributed by atoms with Crippen LogP contribution in [0, 0.1) is 5.92 Å². The maximum atomic E-state index is 12.7. The van der Waals surface area contributed by atoms with Crippen molar-refractivity contribution in [1.82, 2.24) is 0 Å². The highest BCUT2D eigenvalue weighted by Crippen LogP contribution is 2.53. The highest BCUT2D eigenvalue weighted by atomic mass is 32.2. The second-order valence-corrected chi connectivity index (χ2v) is 11.0. The molecule has 1 atom stereocenters. The van der Waals surface area contributed by atoms with Crippen molar-refractivity contribution in [3.05, 3.63) is 70.8 Å². The molecule has 28 heavy (non-hydrogen) atoms. The van der Waals surface area contributed by atoms with Crippen LogP contribution in [0.25, 0.3) is 6.08 Å². The van der Waals surface area contributed by atoms with Gasteiger partial charge in [0.2, 0.25) is 0 Å². The number of fused-ring (bicyclic) bond motifs is 1. The van der Waals surface area contributed by atoms with Crippen LogP contribution in [0.2, 0.25) is 0 Å². The molecule has 0 aromatic heterocycles. The molecule has 0 fully saturated rings. The van der Waals surface area contributed by atoms with E-state index in [2.05, 4.69) is 40.7 Å². The monoisotopic (exact) mass is 396 g/mol. The van der Waals surface area contributed by atoms with E-state index in [-0.39, 0.29) is 21.5 Å². The number of ketones is 1. The zero-order valence-electron chi connectivity index (χ0n) is 17.4. The Kier molecular flexibility index (Phi) is 4.91. The second kappa shape index (κ2) is 6.70. The molecular formula is C24H28O3S. The van der Waals surface area contributed by atoms with Crippen LogP contribution in [0.5, 0.6) is 0 Å². The number of benzene rings is 2. The lowest BCUT2D eigenvalue weighted by molar-refractivity contribution is 0.104. The van der Waals surface area contributed by atoms with Gasteiger partial charge in [0.25, 0.3) is 0 Å². The predicted molar refractivity (Wildman–Crippen MR) is 115 cm³/mol.